The van der Waals surface area contributed by atoms with Crippen molar-refractivity contribution in [2.45, 2.75) is 25.8 Å². The first kappa shape index (κ1) is 25.1. The van der Waals surface area contributed by atoms with Crippen LogP contribution in [0.25, 0.3) is 17.0 Å². The second-order valence-corrected chi connectivity index (χ2v) is 8.46. The minimum atomic E-state index is -0.533. The van der Waals surface area contributed by atoms with Crippen molar-refractivity contribution < 1.29 is 37.7 Å². The van der Waals surface area contributed by atoms with Gasteiger partial charge < -0.3 is 33.6 Å². The lowest BCUT2D eigenvalue weighted by molar-refractivity contribution is -0.673. The number of pyridine rings is 1. The number of hydrogen-bond donors (Lipinski definition) is 0. The Morgan fingerprint density at radius 3 is 2.55 bits per heavy atom. The molecular weight excluding hydrogens is 526 g/mol. The van der Waals surface area contributed by atoms with Gasteiger partial charge in [-0.3, -0.25) is 0 Å². The molecule has 1 aromatic heterocycles. The van der Waals surface area contributed by atoms with Crippen molar-refractivity contribution in [1.29, 1.82) is 0 Å². The number of rotatable bonds is 7. The van der Waals surface area contributed by atoms with Crippen LogP contribution < -0.4 is 33.4 Å². The van der Waals surface area contributed by atoms with Gasteiger partial charge in [-0.05, 0) is 29.3 Å². The molecule has 0 spiro atoms. The summed E-state index contributed by atoms with van der Waals surface area (Å²) < 4.78 is 21.3. The molecule has 0 fully saturated rings. The smallest absolute Gasteiger partial charge is 0.213 e. The van der Waals surface area contributed by atoms with Crippen LogP contribution in [0.1, 0.15) is 25.0 Å². The fraction of sp³-hybridized carbons (Fsp3) is 0.250. The van der Waals surface area contributed by atoms with E-state index in [0.717, 1.165) is 29.1 Å². The number of methoxy groups -OCH3 is 1. The SMILES string of the molecule is COCC[n+]1ccc(/C=C/C=C/C=C2/N(CF)c3ccccc3C2(C)C)c2ccccc21.[I-]. The van der Waals surface area contributed by atoms with E-state index < -0.39 is 6.80 Å². The predicted octanol–water partition coefficient (Wildman–Crippen LogP) is 2.96. The standard InChI is InChI=1S/C28H30FN2O.HI/c1-28(2)24-13-8-10-15-26(24)31(21-29)27(28)16-6-4-5-11-22-17-18-30(19-20-32-3)25-14-9-7-12-23(22)25;/h4-18H,19-21H2,1-3H3;1H/q+1;/p-1. The molecule has 1 aliphatic heterocycles. The zero-order chi connectivity index (χ0) is 22.6. The Labute approximate surface area is 212 Å². The molecule has 3 nitrogen and oxygen atoms in total. The Kier molecular flexibility index (Phi) is 8.43. The van der Waals surface area contributed by atoms with E-state index in [1.165, 1.54) is 10.9 Å². The van der Waals surface area contributed by atoms with Crippen LogP contribution in [-0.2, 0) is 16.7 Å². The van der Waals surface area contributed by atoms with Gasteiger partial charge in [0.15, 0.2) is 19.5 Å². The topological polar surface area (TPSA) is 16.4 Å². The summed E-state index contributed by atoms with van der Waals surface area (Å²) in [5, 5.41) is 1.20. The summed E-state index contributed by atoms with van der Waals surface area (Å²) in [6.07, 6.45) is 12.3. The Morgan fingerprint density at radius 2 is 1.76 bits per heavy atom. The Bertz CT molecular complexity index is 1200. The van der Waals surface area contributed by atoms with Gasteiger partial charge in [-0.1, -0.05) is 68.5 Å². The second kappa shape index (κ2) is 11.1. The minimum absolute atomic E-state index is 0. The van der Waals surface area contributed by atoms with Crippen LogP contribution in [0.5, 0.6) is 0 Å². The fourth-order valence-electron chi connectivity index (χ4n) is 4.48. The summed E-state index contributed by atoms with van der Waals surface area (Å²) in [4.78, 5) is 1.76. The van der Waals surface area contributed by atoms with Crippen molar-refractivity contribution in [1.82, 2.24) is 0 Å². The van der Waals surface area contributed by atoms with Crippen molar-refractivity contribution >= 4 is 22.7 Å². The van der Waals surface area contributed by atoms with Crippen LogP contribution in [0, 0.1) is 0 Å². The van der Waals surface area contributed by atoms with Crippen molar-refractivity contribution in [3.8, 4) is 0 Å². The number of alkyl halides is 1. The molecule has 2 heterocycles. The number of benzene rings is 2. The molecule has 0 amide bonds. The molecule has 0 unspecified atom stereocenters. The maximum atomic E-state index is 13.9. The normalized spacial score (nSPS) is 16.1. The largest absolute Gasteiger partial charge is 1.00 e. The zero-order valence-electron chi connectivity index (χ0n) is 19.3. The number of hydrogen-bond acceptors (Lipinski definition) is 2. The van der Waals surface area contributed by atoms with E-state index in [1.807, 2.05) is 42.5 Å². The second-order valence-electron chi connectivity index (χ2n) is 8.46. The summed E-state index contributed by atoms with van der Waals surface area (Å²) in [5.41, 5.74) is 5.18. The number of nitrogens with zero attached hydrogens (tertiary/aromatic N) is 2. The fourth-order valence-corrected chi connectivity index (χ4v) is 4.48. The molecule has 33 heavy (non-hydrogen) atoms. The molecule has 5 heteroatoms. The lowest BCUT2D eigenvalue weighted by Gasteiger charge is -2.24. The van der Waals surface area contributed by atoms with Crippen LogP contribution in [-0.4, -0.2) is 20.5 Å². The quantitative estimate of drug-likeness (QED) is 0.193. The third kappa shape index (κ3) is 5.04. The van der Waals surface area contributed by atoms with E-state index in [1.54, 1.807) is 12.0 Å². The third-order valence-electron chi connectivity index (χ3n) is 6.17. The summed E-state index contributed by atoms with van der Waals surface area (Å²) in [6, 6.07) is 18.6. The molecule has 1 aliphatic rings. The van der Waals surface area contributed by atoms with Crippen molar-refractivity contribution in [2.24, 2.45) is 0 Å². The molecular formula is C28H30FIN2O. The third-order valence-corrected chi connectivity index (χ3v) is 6.17. The predicted molar refractivity (Wildman–Crippen MR) is 130 cm³/mol. The van der Waals surface area contributed by atoms with E-state index in [9.17, 15) is 4.39 Å². The van der Waals surface area contributed by atoms with Gasteiger partial charge in [0.05, 0.1) is 5.39 Å². The number of fused-ring (bicyclic) bond motifs is 2. The Hall–Kier alpha value is -2.51. The average molecular weight is 556 g/mol. The van der Waals surface area contributed by atoms with Crippen LogP contribution in [0.4, 0.5) is 10.1 Å². The molecule has 2 aromatic carbocycles. The molecule has 0 saturated heterocycles. The van der Waals surface area contributed by atoms with E-state index >= 15 is 0 Å². The molecule has 0 N–H and O–H groups in total. The average Bonchev–Trinajstić information content (AvgIpc) is 3.04. The summed E-state index contributed by atoms with van der Waals surface area (Å²) >= 11 is 0. The maximum Gasteiger partial charge on any atom is 0.213 e. The van der Waals surface area contributed by atoms with Gasteiger partial charge in [-0.25, -0.2) is 4.39 Å². The van der Waals surface area contributed by atoms with E-state index in [0.29, 0.717) is 6.61 Å². The number of ether oxygens (including phenoxy) is 1. The molecule has 3 aromatic rings. The first-order chi connectivity index (χ1) is 15.6. The van der Waals surface area contributed by atoms with Gasteiger partial charge in [0.1, 0.15) is 6.61 Å². The molecule has 0 radical (unpaired) electrons. The van der Waals surface area contributed by atoms with Crippen molar-refractivity contribution in [2.75, 3.05) is 25.4 Å². The summed E-state index contributed by atoms with van der Waals surface area (Å²) in [6.45, 7) is 5.25. The van der Waals surface area contributed by atoms with Crippen LogP contribution >= 0.6 is 0 Å². The highest BCUT2D eigenvalue weighted by Gasteiger charge is 2.39. The van der Waals surface area contributed by atoms with Crippen LogP contribution in [0.3, 0.4) is 0 Å². The van der Waals surface area contributed by atoms with Gasteiger partial charge in [-0.15, -0.1) is 0 Å². The maximum absolute atomic E-state index is 13.9. The highest BCUT2D eigenvalue weighted by molar-refractivity contribution is 5.85. The molecule has 0 atom stereocenters. The molecule has 172 valence electrons. The van der Waals surface area contributed by atoms with E-state index in [4.69, 9.17) is 4.74 Å². The first-order valence-electron chi connectivity index (χ1n) is 11.0. The minimum Gasteiger partial charge on any atom is -1.00 e. The monoisotopic (exact) mass is 556 g/mol. The van der Waals surface area contributed by atoms with Crippen LogP contribution in [0.15, 0.2) is 90.8 Å². The lowest BCUT2D eigenvalue weighted by atomic mass is 9.84. The van der Waals surface area contributed by atoms with Gasteiger partial charge >= 0.3 is 0 Å². The lowest BCUT2D eigenvalue weighted by Crippen LogP contribution is -3.00. The highest BCUT2D eigenvalue weighted by Crippen LogP contribution is 2.47. The summed E-state index contributed by atoms with van der Waals surface area (Å²) in [5.74, 6) is 0. The number of allylic oxidation sites excluding steroid dienone is 5. The van der Waals surface area contributed by atoms with Crippen LogP contribution in [0.2, 0.25) is 0 Å². The number of aromatic nitrogens is 1. The first-order valence-corrected chi connectivity index (χ1v) is 11.0. The molecule has 0 bridgehead atoms. The van der Waals surface area contributed by atoms with Gasteiger partial charge in [-0.2, -0.15) is 4.57 Å². The highest BCUT2D eigenvalue weighted by atomic mass is 127. The number of halogens is 2. The van der Waals surface area contributed by atoms with Gasteiger partial charge in [0.25, 0.3) is 0 Å². The van der Waals surface area contributed by atoms with Gasteiger partial charge in [0, 0.05) is 36.0 Å². The Morgan fingerprint density at radius 1 is 1.00 bits per heavy atom. The number of anilines is 1. The van der Waals surface area contributed by atoms with E-state index in [-0.39, 0.29) is 29.4 Å². The molecule has 0 aliphatic carbocycles. The molecule has 4 rings (SSSR count). The zero-order valence-corrected chi connectivity index (χ0v) is 21.5. The van der Waals surface area contributed by atoms with Crippen molar-refractivity contribution in [3.63, 3.8) is 0 Å². The van der Waals surface area contributed by atoms with Crippen molar-refractivity contribution in [3.05, 3.63) is 102 Å². The van der Waals surface area contributed by atoms with E-state index in [2.05, 4.69) is 67.1 Å². The number of para-hydroxylation sites is 2. The Balaban J connectivity index is 0.00000306. The summed E-state index contributed by atoms with van der Waals surface area (Å²) in [7, 11) is 1.72. The molecule has 0 saturated carbocycles. The van der Waals surface area contributed by atoms with Gasteiger partial charge in [0.2, 0.25) is 5.52 Å².